The number of carbonyl (C=O) groups excluding carboxylic acids is 2. The molecule has 0 radical (unpaired) electrons. The third-order valence-electron chi connectivity index (χ3n) is 5.85. The number of benzene rings is 1. The van der Waals surface area contributed by atoms with Crippen molar-refractivity contribution in [1.82, 2.24) is 25.2 Å². The average molecular weight is 576 g/mol. The predicted octanol–water partition coefficient (Wildman–Crippen LogP) is 4.53. The van der Waals surface area contributed by atoms with E-state index in [2.05, 4.69) is 20.6 Å². The molecule has 1 aromatic carbocycles. The number of hydrogen-bond donors (Lipinski definition) is 2. The number of nitrogens with zero attached hydrogens (tertiary/aromatic N) is 3. The molecule has 9 nitrogen and oxygen atoms in total. The lowest BCUT2D eigenvalue weighted by Crippen LogP contribution is -2.51. The molecule has 0 spiro atoms. The highest BCUT2D eigenvalue weighted by atomic mass is 35.5. The van der Waals surface area contributed by atoms with E-state index >= 15 is 0 Å². The molecule has 1 atom stereocenters. The number of halogens is 4. The van der Waals surface area contributed by atoms with Crippen molar-refractivity contribution >= 4 is 34.9 Å². The summed E-state index contributed by atoms with van der Waals surface area (Å²) in [5.41, 5.74) is 0.884. The highest BCUT2D eigenvalue weighted by Gasteiger charge is 2.36. The van der Waals surface area contributed by atoms with Crippen LogP contribution in [0, 0.1) is 0 Å². The zero-order valence-corrected chi connectivity index (χ0v) is 21.2. The van der Waals surface area contributed by atoms with Crippen LogP contribution in [0.4, 0.5) is 18.0 Å². The van der Waals surface area contributed by atoms with Gasteiger partial charge in [-0.2, -0.15) is 13.2 Å². The molecular formula is C25H17ClF3N5O4S. The van der Waals surface area contributed by atoms with Crippen molar-refractivity contribution in [2.24, 2.45) is 0 Å². The van der Waals surface area contributed by atoms with E-state index < -0.39 is 41.9 Å². The Morgan fingerprint density at radius 1 is 1.18 bits per heavy atom. The van der Waals surface area contributed by atoms with E-state index in [1.54, 1.807) is 12.1 Å². The monoisotopic (exact) mass is 575 g/mol. The van der Waals surface area contributed by atoms with Crippen LogP contribution in [0.15, 0.2) is 65.3 Å². The van der Waals surface area contributed by atoms with E-state index in [0.717, 1.165) is 16.8 Å². The summed E-state index contributed by atoms with van der Waals surface area (Å²) in [5.74, 6) is -1.22. The lowest BCUT2D eigenvalue weighted by atomic mass is 9.95. The van der Waals surface area contributed by atoms with E-state index in [4.69, 9.17) is 16.3 Å². The number of aromatic nitrogens is 3. The number of thiazole rings is 1. The lowest BCUT2D eigenvalue weighted by Gasteiger charge is -2.23. The van der Waals surface area contributed by atoms with Gasteiger partial charge in [0.2, 0.25) is 5.91 Å². The van der Waals surface area contributed by atoms with Crippen LogP contribution in [0.25, 0.3) is 16.8 Å². The van der Waals surface area contributed by atoms with Crippen molar-refractivity contribution < 1.29 is 27.5 Å². The van der Waals surface area contributed by atoms with Crippen molar-refractivity contribution in [2.45, 2.75) is 18.7 Å². The largest absolute Gasteiger partial charge is 0.488 e. The fraction of sp³-hybridized carbons (Fsp3) is 0.160. The molecule has 1 fully saturated rings. The second kappa shape index (κ2) is 10.5. The van der Waals surface area contributed by atoms with Crippen LogP contribution < -0.4 is 20.9 Å². The minimum atomic E-state index is -4.62. The van der Waals surface area contributed by atoms with E-state index in [9.17, 15) is 27.6 Å². The molecule has 3 aromatic heterocycles. The van der Waals surface area contributed by atoms with E-state index in [1.165, 1.54) is 47.4 Å². The van der Waals surface area contributed by atoms with Gasteiger partial charge in [0.05, 0.1) is 28.2 Å². The standard InChI is InChI=1S/C25H17ClF3N5O4S/c26-15-4-13(5-17(7-15)38-11-20-21(25(27,28)29)32-12-39-20)18-6-14(19-9-31-24(37)33-22(19)35)10-34(23(18)36)16-2-1-3-30-8-16/h1-8,10,12,19H,9,11H2,(H2,31,33,35,37). The second-order valence-electron chi connectivity index (χ2n) is 8.41. The topological polar surface area (TPSA) is 115 Å². The molecule has 4 heterocycles. The normalized spacial score (nSPS) is 15.5. The molecule has 2 N–H and O–H groups in total. The van der Waals surface area contributed by atoms with Crippen LogP contribution in [-0.4, -0.2) is 33.0 Å². The molecule has 4 aromatic rings. The highest BCUT2D eigenvalue weighted by molar-refractivity contribution is 7.09. The number of hydrogen-bond acceptors (Lipinski definition) is 7. The smallest absolute Gasteiger partial charge is 0.434 e. The quantitative estimate of drug-likeness (QED) is 0.349. The van der Waals surface area contributed by atoms with E-state index in [-0.39, 0.29) is 27.8 Å². The molecule has 3 amide bonds. The van der Waals surface area contributed by atoms with Gasteiger partial charge in [0.25, 0.3) is 5.56 Å². The third kappa shape index (κ3) is 5.64. The number of alkyl halides is 3. The molecule has 1 unspecified atom stereocenters. The number of urea groups is 1. The average Bonchev–Trinajstić information content (AvgIpc) is 3.38. The fourth-order valence-electron chi connectivity index (χ4n) is 4.04. The molecular weight excluding hydrogens is 559 g/mol. The highest BCUT2D eigenvalue weighted by Crippen LogP contribution is 2.34. The Morgan fingerprint density at radius 3 is 2.72 bits per heavy atom. The number of nitrogens with one attached hydrogen (secondary N) is 2. The second-order valence-corrected chi connectivity index (χ2v) is 9.79. The molecule has 200 valence electrons. The summed E-state index contributed by atoms with van der Waals surface area (Å²) >= 11 is 7.11. The van der Waals surface area contributed by atoms with Crippen molar-refractivity contribution in [2.75, 3.05) is 6.54 Å². The van der Waals surface area contributed by atoms with Crippen LogP contribution in [-0.2, 0) is 17.6 Å². The SMILES string of the molecule is O=C1NCC(c2cc(-c3cc(Cl)cc(OCc4scnc4C(F)(F)F)c3)c(=O)n(-c3cccnc3)c2)C(=O)N1. The van der Waals surface area contributed by atoms with Crippen LogP contribution in [0.3, 0.4) is 0 Å². The Morgan fingerprint density at radius 2 is 2.00 bits per heavy atom. The summed E-state index contributed by atoms with van der Waals surface area (Å²) in [6, 6.07) is 8.57. The predicted molar refractivity (Wildman–Crippen MR) is 136 cm³/mol. The first kappa shape index (κ1) is 26.4. The maximum absolute atomic E-state index is 13.6. The summed E-state index contributed by atoms with van der Waals surface area (Å²) in [6.07, 6.45) is -0.120. The molecule has 1 aliphatic rings. The molecule has 0 aliphatic carbocycles. The minimum Gasteiger partial charge on any atom is -0.488 e. The van der Waals surface area contributed by atoms with Crippen LogP contribution >= 0.6 is 22.9 Å². The Labute approximate surface area is 227 Å². The Bertz CT molecular complexity index is 1620. The van der Waals surface area contributed by atoms with Gasteiger partial charge in [0.15, 0.2) is 5.69 Å². The number of amides is 3. The molecule has 5 rings (SSSR count). The van der Waals surface area contributed by atoms with E-state index in [1.807, 2.05) is 0 Å². The van der Waals surface area contributed by atoms with Gasteiger partial charge < -0.3 is 10.1 Å². The molecule has 14 heteroatoms. The lowest BCUT2D eigenvalue weighted by molar-refractivity contribution is -0.141. The first-order chi connectivity index (χ1) is 18.6. The fourth-order valence-corrected chi connectivity index (χ4v) is 4.96. The van der Waals surface area contributed by atoms with Gasteiger partial charge in [-0.05, 0) is 47.5 Å². The summed E-state index contributed by atoms with van der Waals surface area (Å²) in [6.45, 7) is -0.406. The summed E-state index contributed by atoms with van der Waals surface area (Å²) in [5, 5.41) is 4.94. The number of imide groups is 1. The number of carbonyl (C=O) groups is 2. The van der Waals surface area contributed by atoms with Crippen LogP contribution in [0.2, 0.25) is 5.02 Å². The van der Waals surface area contributed by atoms with Gasteiger partial charge in [0.1, 0.15) is 12.4 Å². The van der Waals surface area contributed by atoms with E-state index in [0.29, 0.717) is 16.8 Å². The molecule has 0 bridgehead atoms. The van der Waals surface area contributed by atoms with Gasteiger partial charge >= 0.3 is 12.2 Å². The first-order valence-corrected chi connectivity index (χ1v) is 12.5. The van der Waals surface area contributed by atoms with Gasteiger partial charge in [-0.3, -0.25) is 24.5 Å². The zero-order chi connectivity index (χ0) is 27.7. The Balaban J connectivity index is 1.56. The Kier molecular flexibility index (Phi) is 7.10. The van der Waals surface area contributed by atoms with Crippen LogP contribution in [0.5, 0.6) is 5.75 Å². The molecule has 39 heavy (non-hydrogen) atoms. The minimum absolute atomic E-state index is 0.00957. The van der Waals surface area contributed by atoms with Crippen molar-refractivity contribution in [1.29, 1.82) is 0 Å². The summed E-state index contributed by atoms with van der Waals surface area (Å²) in [7, 11) is 0. The van der Waals surface area contributed by atoms with Gasteiger partial charge in [-0.25, -0.2) is 9.78 Å². The van der Waals surface area contributed by atoms with Gasteiger partial charge in [-0.15, -0.1) is 11.3 Å². The molecule has 1 saturated heterocycles. The third-order valence-corrected chi connectivity index (χ3v) is 6.87. The van der Waals surface area contributed by atoms with Gasteiger partial charge in [-0.1, -0.05) is 11.6 Å². The van der Waals surface area contributed by atoms with Gasteiger partial charge in [0, 0.05) is 29.5 Å². The summed E-state index contributed by atoms with van der Waals surface area (Å²) < 4.78 is 46.5. The number of rotatable bonds is 6. The molecule has 0 saturated carbocycles. The summed E-state index contributed by atoms with van der Waals surface area (Å²) in [4.78, 5) is 45.1. The maximum atomic E-state index is 13.6. The van der Waals surface area contributed by atoms with Crippen molar-refractivity contribution in [3.8, 4) is 22.6 Å². The number of ether oxygens (including phenoxy) is 1. The molecule has 1 aliphatic heterocycles. The first-order valence-electron chi connectivity index (χ1n) is 11.3. The van der Waals surface area contributed by atoms with Crippen molar-refractivity contribution in [3.63, 3.8) is 0 Å². The Hall–Kier alpha value is -4.23. The zero-order valence-electron chi connectivity index (χ0n) is 19.7. The number of pyridine rings is 2. The van der Waals surface area contributed by atoms with Crippen LogP contribution in [0.1, 0.15) is 22.1 Å². The van der Waals surface area contributed by atoms with Crippen molar-refractivity contribution in [3.05, 3.63) is 92.0 Å². The maximum Gasteiger partial charge on any atom is 0.434 e.